The van der Waals surface area contributed by atoms with E-state index in [-0.39, 0.29) is 29.1 Å². The van der Waals surface area contributed by atoms with Gasteiger partial charge in [-0.15, -0.1) is 0 Å². The summed E-state index contributed by atoms with van der Waals surface area (Å²) in [4.78, 5) is 30.1. The van der Waals surface area contributed by atoms with E-state index in [1.165, 1.54) is 6.20 Å². The van der Waals surface area contributed by atoms with Crippen LogP contribution in [0, 0.1) is 12.3 Å². The molecular formula is C33H48F3N7O6SSi. The minimum absolute atomic E-state index is 0.135. The van der Waals surface area contributed by atoms with Gasteiger partial charge < -0.3 is 19.3 Å². The van der Waals surface area contributed by atoms with Gasteiger partial charge >= 0.3 is 12.3 Å². The number of hydrogen-bond donors (Lipinski definition) is 0. The van der Waals surface area contributed by atoms with Gasteiger partial charge in [0.05, 0.1) is 34.9 Å². The number of aryl methyl sites for hydroxylation is 1. The van der Waals surface area contributed by atoms with E-state index in [4.69, 9.17) is 14.5 Å². The van der Waals surface area contributed by atoms with E-state index in [0.29, 0.717) is 74.8 Å². The summed E-state index contributed by atoms with van der Waals surface area (Å²) in [7, 11) is -5.76. The monoisotopic (exact) mass is 755 g/mol. The first kappa shape index (κ1) is 38.9. The molecule has 51 heavy (non-hydrogen) atoms. The van der Waals surface area contributed by atoms with Crippen LogP contribution in [0.3, 0.4) is 0 Å². The molecule has 0 saturated carbocycles. The Bertz CT molecular complexity index is 1850. The smallest absolute Gasteiger partial charge is 0.421 e. The van der Waals surface area contributed by atoms with Crippen molar-refractivity contribution in [3.8, 4) is 11.4 Å². The van der Waals surface area contributed by atoms with Gasteiger partial charge in [-0.3, -0.25) is 9.17 Å². The van der Waals surface area contributed by atoms with Crippen molar-refractivity contribution in [1.82, 2.24) is 29.6 Å². The minimum Gasteiger partial charge on any atom is -0.444 e. The Balaban J connectivity index is 1.48. The average Bonchev–Trinajstić information content (AvgIpc) is 3.59. The predicted molar refractivity (Wildman–Crippen MR) is 188 cm³/mol. The van der Waals surface area contributed by atoms with Crippen molar-refractivity contribution in [2.24, 2.45) is 5.41 Å². The number of aromatic nitrogens is 5. The lowest BCUT2D eigenvalue weighted by Gasteiger charge is -2.40. The molecular weight excluding hydrogens is 708 g/mol. The van der Waals surface area contributed by atoms with Gasteiger partial charge in [-0.1, -0.05) is 19.6 Å². The topological polar surface area (TPSA) is 142 Å². The molecule has 5 rings (SSSR count). The Morgan fingerprint density at radius 1 is 1.08 bits per heavy atom. The molecule has 5 heterocycles. The molecule has 1 unspecified atom stereocenters. The van der Waals surface area contributed by atoms with Crippen LogP contribution in [-0.2, 0) is 30.5 Å². The zero-order valence-corrected chi connectivity index (χ0v) is 32.3. The fourth-order valence-electron chi connectivity index (χ4n) is 6.34. The number of anilines is 1. The van der Waals surface area contributed by atoms with Crippen LogP contribution in [0.15, 0.2) is 18.5 Å². The number of fused-ring (bicyclic) bond motifs is 1. The van der Waals surface area contributed by atoms with Crippen LogP contribution in [0.25, 0.3) is 22.3 Å². The zero-order valence-electron chi connectivity index (χ0n) is 30.5. The highest BCUT2D eigenvalue weighted by molar-refractivity contribution is 7.86. The molecule has 282 valence electrons. The normalized spacial score (nSPS) is 17.8. The molecule has 2 aliphatic heterocycles. The number of rotatable bonds is 10. The van der Waals surface area contributed by atoms with Gasteiger partial charge in [-0.05, 0) is 64.5 Å². The van der Waals surface area contributed by atoms with Crippen molar-refractivity contribution in [2.45, 2.75) is 97.3 Å². The van der Waals surface area contributed by atoms with E-state index in [1.807, 2.05) is 32.6 Å². The molecule has 0 bridgehead atoms. The molecule has 1 atom stereocenters. The number of ether oxygens (including phenoxy) is 2. The molecule has 0 aliphatic carbocycles. The van der Waals surface area contributed by atoms with Crippen molar-refractivity contribution in [2.75, 3.05) is 43.9 Å². The fourth-order valence-corrected chi connectivity index (χ4v) is 7.66. The van der Waals surface area contributed by atoms with Gasteiger partial charge in [0.1, 0.15) is 18.1 Å². The summed E-state index contributed by atoms with van der Waals surface area (Å²) in [5.41, 5.74) is 0.168. The molecule has 3 aromatic heterocycles. The molecule has 0 aromatic carbocycles. The largest absolute Gasteiger partial charge is 0.444 e. The second-order valence-electron chi connectivity index (χ2n) is 15.9. The number of nitrogens with zero attached hydrogens (tertiary/aromatic N) is 7. The maximum absolute atomic E-state index is 14.1. The van der Waals surface area contributed by atoms with Crippen LogP contribution >= 0.6 is 0 Å². The number of hydrogen-bond acceptors (Lipinski definition) is 11. The first-order valence-electron chi connectivity index (χ1n) is 17.0. The number of carbonyl (C=O) groups is 1. The van der Waals surface area contributed by atoms with Crippen LogP contribution in [-0.4, -0.2) is 103 Å². The van der Waals surface area contributed by atoms with Crippen LogP contribution < -0.4 is 4.90 Å². The van der Waals surface area contributed by atoms with E-state index in [9.17, 15) is 26.4 Å². The van der Waals surface area contributed by atoms with Crippen molar-refractivity contribution < 1.29 is 40.0 Å². The molecule has 2 aliphatic rings. The SMILES string of the molecule is Cc1nn(COCC[Si](C)(C)C)cc1-c1nc(N2CCC3(CCN(C(=O)OC(C)(C)C)C3)CC2)c2cc(C(OS(C)(=O)=O)C(F)(F)F)ncc2n1. The Morgan fingerprint density at radius 2 is 1.75 bits per heavy atom. The molecule has 2 saturated heterocycles. The molecule has 1 amide bonds. The molecule has 2 fully saturated rings. The Kier molecular flexibility index (Phi) is 10.8. The van der Waals surface area contributed by atoms with Gasteiger partial charge in [-0.2, -0.15) is 26.7 Å². The molecule has 13 nitrogen and oxygen atoms in total. The van der Waals surface area contributed by atoms with Gasteiger partial charge in [-0.25, -0.2) is 19.4 Å². The first-order valence-corrected chi connectivity index (χ1v) is 22.5. The standard InChI is InChI=1S/C33H48F3N7O6SSi/c1-22-24(19-43(40-22)21-47-15-16-51(6,7)8)28-38-26-18-37-25(27(33(34,35)36)49-50(5,45)46)17-23(26)29(39-28)41-12-9-32(10-13-41)11-14-42(20-32)30(44)48-31(2,3)4/h17-19,27H,9-16,20-21H2,1-8H3. The number of likely N-dealkylation sites (tertiary alicyclic amines) is 1. The van der Waals surface area contributed by atoms with E-state index in [0.717, 1.165) is 18.5 Å². The molecule has 3 aromatic rings. The lowest BCUT2D eigenvalue weighted by Crippen LogP contribution is -2.43. The number of alkyl halides is 3. The predicted octanol–water partition coefficient (Wildman–Crippen LogP) is 6.32. The van der Waals surface area contributed by atoms with E-state index in [1.54, 1.807) is 15.8 Å². The number of carbonyl (C=O) groups excluding carboxylic acids is 1. The highest BCUT2D eigenvalue weighted by Gasteiger charge is 2.46. The van der Waals surface area contributed by atoms with E-state index in [2.05, 4.69) is 38.9 Å². The lowest BCUT2D eigenvalue weighted by molar-refractivity contribution is -0.197. The summed E-state index contributed by atoms with van der Waals surface area (Å²) in [6, 6.07) is 2.16. The quantitative estimate of drug-likeness (QED) is 0.130. The molecule has 18 heteroatoms. The van der Waals surface area contributed by atoms with E-state index >= 15 is 0 Å². The third-order valence-corrected chi connectivity index (χ3v) is 11.3. The number of pyridine rings is 1. The Hall–Kier alpha value is -3.35. The number of piperidine rings is 1. The fraction of sp³-hybridized carbons (Fsp3) is 0.667. The minimum atomic E-state index is -5.06. The molecule has 0 radical (unpaired) electrons. The summed E-state index contributed by atoms with van der Waals surface area (Å²) >= 11 is 0. The van der Waals surface area contributed by atoms with Gasteiger partial charge in [0, 0.05) is 52.4 Å². The maximum Gasteiger partial charge on any atom is 0.421 e. The van der Waals surface area contributed by atoms with E-state index < -0.39 is 41.8 Å². The van der Waals surface area contributed by atoms with Crippen molar-refractivity contribution >= 4 is 41.0 Å². The lowest BCUT2D eigenvalue weighted by atomic mass is 9.78. The summed E-state index contributed by atoms with van der Waals surface area (Å²) in [6.45, 7) is 17.1. The maximum atomic E-state index is 14.1. The van der Waals surface area contributed by atoms with Gasteiger partial charge in [0.25, 0.3) is 10.1 Å². The second kappa shape index (κ2) is 14.2. The third-order valence-electron chi connectivity index (χ3n) is 9.04. The Morgan fingerprint density at radius 3 is 2.35 bits per heavy atom. The van der Waals surface area contributed by atoms with Crippen molar-refractivity contribution in [3.05, 3.63) is 29.8 Å². The first-order chi connectivity index (χ1) is 23.5. The van der Waals surface area contributed by atoms with Gasteiger partial charge in [0.2, 0.25) is 6.10 Å². The van der Waals surface area contributed by atoms with Crippen LogP contribution in [0.4, 0.5) is 23.8 Å². The van der Waals surface area contributed by atoms with Crippen molar-refractivity contribution in [1.29, 1.82) is 0 Å². The van der Waals surface area contributed by atoms with Gasteiger partial charge in [0.15, 0.2) is 5.82 Å². The molecule has 0 N–H and O–H groups in total. The summed E-state index contributed by atoms with van der Waals surface area (Å²) in [6.07, 6.45) is -2.47. The number of halogens is 3. The average molecular weight is 756 g/mol. The summed E-state index contributed by atoms with van der Waals surface area (Å²) in [5.74, 6) is 0.698. The third kappa shape index (κ3) is 9.95. The van der Waals surface area contributed by atoms with Crippen LogP contribution in [0.1, 0.15) is 57.5 Å². The van der Waals surface area contributed by atoms with Crippen LogP contribution in [0.2, 0.25) is 25.7 Å². The van der Waals surface area contributed by atoms with Crippen molar-refractivity contribution in [3.63, 3.8) is 0 Å². The Labute approximate surface area is 298 Å². The summed E-state index contributed by atoms with van der Waals surface area (Å²) in [5, 5.41) is 4.86. The second-order valence-corrected chi connectivity index (χ2v) is 23.1. The number of amides is 1. The highest BCUT2D eigenvalue weighted by Crippen LogP contribution is 2.43. The highest BCUT2D eigenvalue weighted by atomic mass is 32.2. The zero-order chi connectivity index (χ0) is 37.6. The molecule has 1 spiro atoms. The summed E-state index contributed by atoms with van der Waals surface area (Å²) < 4.78 is 83.6. The van der Waals surface area contributed by atoms with Crippen LogP contribution in [0.5, 0.6) is 0 Å².